The molecule has 0 saturated carbocycles. The van der Waals surface area contributed by atoms with Gasteiger partial charge in [-0.2, -0.15) is 5.10 Å². The molecule has 6 heteroatoms. The Bertz CT molecular complexity index is 636. The number of carbonyl (C=O) groups excluding carboxylic acids is 1. The van der Waals surface area contributed by atoms with E-state index in [0.29, 0.717) is 12.8 Å². The van der Waals surface area contributed by atoms with Gasteiger partial charge in [0.05, 0.1) is 16.9 Å². The highest BCUT2D eigenvalue weighted by atomic mass is 16.7. The van der Waals surface area contributed by atoms with Crippen LogP contribution in [0.4, 0.5) is 0 Å². The number of benzene rings is 1. The Morgan fingerprint density at radius 2 is 1.61 bits per heavy atom. The first kappa shape index (κ1) is 16.2. The topological polar surface area (TPSA) is 51.1 Å². The van der Waals surface area contributed by atoms with E-state index < -0.39 is 0 Å². The summed E-state index contributed by atoms with van der Waals surface area (Å²) < 4.78 is 12.1. The first-order valence-corrected chi connectivity index (χ1v) is 8.00. The van der Waals surface area contributed by atoms with Gasteiger partial charge in [-0.15, -0.1) is 0 Å². The molecule has 23 heavy (non-hydrogen) atoms. The van der Waals surface area contributed by atoms with E-state index in [9.17, 15) is 4.79 Å². The zero-order valence-electron chi connectivity index (χ0n) is 14.4. The zero-order chi connectivity index (χ0) is 16.8. The minimum Gasteiger partial charge on any atom is -0.399 e. The lowest BCUT2D eigenvalue weighted by Crippen LogP contribution is -2.41. The van der Waals surface area contributed by atoms with E-state index in [-0.39, 0.29) is 24.2 Å². The maximum absolute atomic E-state index is 11.5. The molecule has 0 aromatic heterocycles. The number of hydrazone groups is 1. The average Bonchev–Trinajstić information content (AvgIpc) is 2.71. The Morgan fingerprint density at radius 1 is 1.04 bits per heavy atom. The number of nitrogens with zero attached hydrogens (tertiary/aromatic N) is 2. The van der Waals surface area contributed by atoms with Crippen molar-refractivity contribution in [1.82, 2.24) is 5.01 Å². The monoisotopic (exact) mass is 314 g/mol. The number of rotatable bonds is 2. The summed E-state index contributed by atoms with van der Waals surface area (Å²) in [4.78, 5) is 11.5. The molecular formula is C17H23BN2O3. The van der Waals surface area contributed by atoms with Crippen molar-refractivity contribution in [3.8, 4) is 0 Å². The second kappa shape index (κ2) is 5.46. The van der Waals surface area contributed by atoms with Gasteiger partial charge in [-0.05, 0) is 38.7 Å². The fraction of sp³-hybridized carbons (Fsp3) is 0.529. The summed E-state index contributed by atoms with van der Waals surface area (Å²) in [6.45, 7) is 8.19. The van der Waals surface area contributed by atoms with Gasteiger partial charge in [0.1, 0.15) is 0 Å². The molecule has 2 aliphatic rings. The molecule has 0 spiro atoms. The van der Waals surface area contributed by atoms with Crippen LogP contribution in [0.5, 0.6) is 0 Å². The first-order valence-electron chi connectivity index (χ1n) is 8.00. The Balaban J connectivity index is 1.79. The van der Waals surface area contributed by atoms with Crippen LogP contribution >= 0.6 is 0 Å². The molecule has 1 amide bonds. The molecular weight excluding hydrogens is 291 g/mol. The Hall–Kier alpha value is -1.66. The fourth-order valence-electron chi connectivity index (χ4n) is 2.69. The van der Waals surface area contributed by atoms with E-state index >= 15 is 0 Å². The van der Waals surface area contributed by atoms with Crippen LogP contribution in [-0.2, 0) is 14.1 Å². The van der Waals surface area contributed by atoms with Crippen LogP contribution in [0.3, 0.4) is 0 Å². The zero-order valence-corrected chi connectivity index (χ0v) is 14.4. The smallest absolute Gasteiger partial charge is 0.399 e. The molecule has 2 heterocycles. The Kier molecular flexibility index (Phi) is 3.85. The highest BCUT2D eigenvalue weighted by Gasteiger charge is 2.51. The molecule has 0 N–H and O–H groups in total. The summed E-state index contributed by atoms with van der Waals surface area (Å²) in [6.07, 6.45) is 1.19. The Labute approximate surface area is 137 Å². The van der Waals surface area contributed by atoms with Crippen LogP contribution in [0.1, 0.15) is 46.1 Å². The normalized spacial score (nSPS) is 23.2. The fourth-order valence-corrected chi connectivity index (χ4v) is 2.69. The first-order chi connectivity index (χ1) is 10.7. The number of amides is 1. The van der Waals surface area contributed by atoms with E-state index in [4.69, 9.17) is 9.31 Å². The summed E-state index contributed by atoms with van der Waals surface area (Å²) in [5, 5.41) is 5.76. The van der Waals surface area contributed by atoms with Gasteiger partial charge in [0.25, 0.3) is 0 Å². The molecule has 0 radical (unpaired) electrons. The van der Waals surface area contributed by atoms with Crippen LogP contribution < -0.4 is 5.46 Å². The van der Waals surface area contributed by atoms with Crippen molar-refractivity contribution in [1.29, 1.82) is 0 Å². The van der Waals surface area contributed by atoms with E-state index in [1.165, 1.54) is 5.01 Å². The summed E-state index contributed by atoms with van der Waals surface area (Å²) in [5.41, 5.74) is 2.28. The SMILES string of the molecule is CN1N=C(c2ccc(B3OC(C)(C)C(C)(C)O3)cc2)CCC1=O. The highest BCUT2D eigenvalue weighted by molar-refractivity contribution is 6.62. The molecule has 3 rings (SSSR count). The molecule has 1 saturated heterocycles. The van der Waals surface area contributed by atoms with Crippen LogP contribution in [0, 0.1) is 0 Å². The summed E-state index contributed by atoms with van der Waals surface area (Å²) >= 11 is 0. The molecule has 5 nitrogen and oxygen atoms in total. The van der Waals surface area contributed by atoms with Crippen molar-refractivity contribution in [2.75, 3.05) is 7.05 Å². The predicted octanol–water partition coefficient (Wildman–Crippen LogP) is 1.94. The molecule has 1 fully saturated rings. The molecule has 0 unspecified atom stereocenters. The second-order valence-corrected chi connectivity index (χ2v) is 7.17. The maximum Gasteiger partial charge on any atom is 0.494 e. The van der Waals surface area contributed by atoms with E-state index in [2.05, 4.69) is 5.10 Å². The van der Waals surface area contributed by atoms with Gasteiger partial charge in [0.15, 0.2) is 0 Å². The third-order valence-electron chi connectivity index (χ3n) is 4.98. The third-order valence-corrected chi connectivity index (χ3v) is 4.98. The molecule has 1 aromatic carbocycles. The van der Waals surface area contributed by atoms with E-state index in [1.54, 1.807) is 7.05 Å². The van der Waals surface area contributed by atoms with Crippen LogP contribution in [0.15, 0.2) is 29.4 Å². The van der Waals surface area contributed by atoms with Gasteiger partial charge in [-0.25, -0.2) is 5.01 Å². The lowest BCUT2D eigenvalue weighted by atomic mass is 9.78. The van der Waals surface area contributed by atoms with Gasteiger partial charge in [-0.1, -0.05) is 24.3 Å². The Morgan fingerprint density at radius 3 is 2.13 bits per heavy atom. The van der Waals surface area contributed by atoms with Gasteiger partial charge >= 0.3 is 7.12 Å². The molecule has 122 valence electrons. The molecule has 0 aliphatic carbocycles. The summed E-state index contributed by atoms with van der Waals surface area (Å²) in [5.74, 6) is 0.0580. The lowest BCUT2D eigenvalue weighted by Gasteiger charge is -2.32. The standard InChI is InChI=1S/C17H23BN2O3/c1-16(2)17(3,4)23-18(22-16)13-8-6-12(7-9-13)14-10-11-15(21)20(5)19-14/h6-9H,10-11H2,1-5H3. The largest absolute Gasteiger partial charge is 0.494 e. The van der Waals surface area contributed by atoms with Crippen LogP contribution in [-0.4, -0.2) is 42.0 Å². The van der Waals surface area contributed by atoms with Crippen LogP contribution in [0.25, 0.3) is 0 Å². The van der Waals surface area contributed by atoms with Crippen molar-refractivity contribution in [2.45, 2.75) is 51.7 Å². The van der Waals surface area contributed by atoms with E-state index in [1.807, 2.05) is 52.0 Å². The van der Waals surface area contributed by atoms with Gasteiger partial charge < -0.3 is 9.31 Å². The maximum atomic E-state index is 11.5. The summed E-state index contributed by atoms with van der Waals surface area (Å²) in [6, 6.07) is 8.05. The average molecular weight is 314 g/mol. The van der Waals surface area contributed by atoms with Crippen molar-refractivity contribution in [3.63, 3.8) is 0 Å². The van der Waals surface area contributed by atoms with Gasteiger partial charge in [0.2, 0.25) is 5.91 Å². The highest BCUT2D eigenvalue weighted by Crippen LogP contribution is 2.36. The lowest BCUT2D eigenvalue weighted by molar-refractivity contribution is -0.130. The van der Waals surface area contributed by atoms with Crippen molar-refractivity contribution in [3.05, 3.63) is 29.8 Å². The third kappa shape index (κ3) is 2.93. The molecule has 1 aromatic rings. The van der Waals surface area contributed by atoms with Gasteiger partial charge in [0, 0.05) is 19.9 Å². The molecule has 2 aliphatic heterocycles. The molecule has 0 bridgehead atoms. The molecule has 0 atom stereocenters. The number of hydrogen-bond acceptors (Lipinski definition) is 4. The number of hydrogen-bond donors (Lipinski definition) is 0. The van der Waals surface area contributed by atoms with E-state index in [0.717, 1.165) is 16.7 Å². The second-order valence-electron chi connectivity index (χ2n) is 7.17. The van der Waals surface area contributed by atoms with Crippen LogP contribution in [0.2, 0.25) is 0 Å². The van der Waals surface area contributed by atoms with Crippen molar-refractivity contribution < 1.29 is 14.1 Å². The minimum atomic E-state index is -0.355. The quantitative estimate of drug-likeness (QED) is 0.784. The van der Waals surface area contributed by atoms with Gasteiger partial charge in [-0.3, -0.25) is 4.79 Å². The minimum absolute atomic E-state index is 0.0580. The van der Waals surface area contributed by atoms with Crippen molar-refractivity contribution in [2.24, 2.45) is 5.10 Å². The van der Waals surface area contributed by atoms with Crippen molar-refractivity contribution >= 4 is 24.2 Å². The summed E-state index contributed by atoms with van der Waals surface area (Å²) in [7, 11) is 1.34. The predicted molar refractivity (Wildman–Crippen MR) is 90.7 cm³/mol. The number of carbonyl (C=O) groups is 1.